The fourth-order valence-electron chi connectivity index (χ4n) is 1.73. The number of hydrogen-bond acceptors (Lipinski definition) is 2. The van der Waals surface area contributed by atoms with E-state index >= 15 is 0 Å². The monoisotopic (exact) mass is 299 g/mol. The topological polar surface area (TPSA) is 21.3 Å². The van der Waals surface area contributed by atoms with Gasteiger partial charge in [0.2, 0.25) is 0 Å². The van der Waals surface area contributed by atoms with Crippen LogP contribution in [0, 0.1) is 6.92 Å². The van der Waals surface area contributed by atoms with Crippen LogP contribution in [-0.2, 0) is 6.54 Å². The Morgan fingerprint density at radius 2 is 2.06 bits per heavy atom. The Labute approximate surface area is 113 Å². The van der Waals surface area contributed by atoms with Gasteiger partial charge in [0, 0.05) is 16.6 Å². The minimum Gasteiger partial charge on any atom is -0.490 e. The van der Waals surface area contributed by atoms with Crippen LogP contribution in [0.25, 0.3) is 0 Å². The third-order valence-electron chi connectivity index (χ3n) is 2.41. The van der Waals surface area contributed by atoms with Gasteiger partial charge in [0.1, 0.15) is 5.75 Å². The summed E-state index contributed by atoms with van der Waals surface area (Å²) in [4.78, 5) is 0. The Kier molecular flexibility index (Phi) is 6.00. The highest BCUT2D eigenvalue weighted by Gasteiger charge is 2.10. The largest absolute Gasteiger partial charge is 0.490 e. The molecule has 0 radical (unpaired) electrons. The Morgan fingerprint density at radius 1 is 1.35 bits per heavy atom. The molecule has 0 saturated heterocycles. The normalized spacial score (nSPS) is 10.9. The molecule has 0 fully saturated rings. The first-order valence-electron chi connectivity index (χ1n) is 6.21. The number of aryl methyl sites for hydroxylation is 1. The van der Waals surface area contributed by atoms with Crippen molar-refractivity contribution in [1.29, 1.82) is 0 Å². The molecule has 1 aromatic rings. The predicted molar refractivity (Wildman–Crippen MR) is 76.6 cm³/mol. The van der Waals surface area contributed by atoms with Crippen molar-refractivity contribution in [2.75, 3.05) is 6.54 Å². The van der Waals surface area contributed by atoms with Gasteiger partial charge >= 0.3 is 0 Å². The average Bonchev–Trinajstić information content (AvgIpc) is 2.23. The summed E-state index contributed by atoms with van der Waals surface area (Å²) >= 11 is 3.54. The Bertz CT molecular complexity index is 363. The van der Waals surface area contributed by atoms with Crippen molar-refractivity contribution in [3.63, 3.8) is 0 Å². The van der Waals surface area contributed by atoms with Gasteiger partial charge in [-0.3, -0.25) is 0 Å². The maximum absolute atomic E-state index is 5.90. The molecule has 0 saturated carbocycles. The zero-order valence-electron chi connectivity index (χ0n) is 11.1. The van der Waals surface area contributed by atoms with Crippen LogP contribution >= 0.6 is 15.9 Å². The maximum atomic E-state index is 5.90. The maximum Gasteiger partial charge on any atom is 0.127 e. The number of benzene rings is 1. The van der Waals surface area contributed by atoms with E-state index in [0.29, 0.717) is 0 Å². The summed E-state index contributed by atoms with van der Waals surface area (Å²) in [7, 11) is 0. The van der Waals surface area contributed by atoms with Gasteiger partial charge in [-0.25, -0.2) is 0 Å². The number of hydrogen-bond donors (Lipinski definition) is 1. The third-order valence-corrected chi connectivity index (χ3v) is 2.87. The molecule has 0 aliphatic carbocycles. The van der Waals surface area contributed by atoms with Crippen LogP contribution in [0.5, 0.6) is 5.75 Å². The molecule has 0 unspecified atom stereocenters. The highest BCUT2D eigenvalue weighted by molar-refractivity contribution is 9.10. The molecule has 0 aliphatic heterocycles. The van der Waals surface area contributed by atoms with Gasteiger partial charge in [0.15, 0.2) is 0 Å². The van der Waals surface area contributed by atoms with Crippen molar-refractivity contribution < 1.29 is 4.74 Å². The number of rotatable bonds is 6. The van der Waals surface area contributed by atoms with E-state index in [-0.39, 0.29) is 6.10 Å². The van der Waals surface area contributed by atoms with E-state index in [4.69, 9.17) is 4.74 Å². The van der Waals surface area contributed by atoms with Gasteiger partial charge in [0.25, 0.3) is 0 Å². The molecule has 0 spiro atoms. The molecule has 96 valence electrons. The average molecular weight is 300 g/mol. The van der Waals surface area contributed by atoms with Gasteiger partial charge in [-0.2, -0.15) is 0 Å². The van der Waals surface area contributed by atoms with Crippen molar-refractivity contribution in [2.24, 2.45) is 0 Å². The highest BCUT2D eigenvalue weighted by atomic mass is 79.9. The van der Waals surface area contributed by atoms with E-state index in [0.717, 1.165) is 29.7 Å². The second-order valence-corrected chi connectivity index (χ2v) is 5.47. The lowest BCUT2D eigenvalue weighted by Crippen LogP contribution is -2.16. The van der Waals surface area contributed by atoms with E-state index in [1.54, 1.807) is 0 Å². The summed E-state index contributed by atoms with van der Waals surface area (Å²) in [5, 5.41) is 3.42. The minimum atomic E-state index is 0.208. The second kappa shape index (κ2) is 7.02. The molecule has 1 rings (SSSR count). The van der Waals surface area contributed by atoms with Crippen LogP contribution in [0.1, 0.15) is 38.3 Å². The summed E-state index contributed by atoms with van der Waals surface area (Å²) in [6, 6.07) is 4.23. The fraction of sp³-hybridized carbons (Fsp3) is 0.571. The molecule has 0 bridgehead atoms. The standard InChI is InChI=1S/C14H22BrNO/c1-5-6-16-9-12-8-13(15)7-11(4)14(12)17-10(2)3/h7-8,10,16H,5-6,9H2,1-4H3. The van der Waals surface area contributed by atoms with Crippen molar-refractivity contribution in [3.05, 3.63) is 27.7 Å². The molecule has 1 N–H and O–H groups in total. The quantitative estimate of drug-likeness (QED) is 0.800. The van der Waals surface area contributed by atoms with Gasteiger partial charge in [0.05, 0.1) is 6.10 Å². The molecule has 0 aromatic heterocycles. The minimum absolute atomic E-state index is 0.208. The Balaban J connectivity index is 2.90. The summed E-state index contributed by atoms with van der Waals surface area (Å²) < 4.78 is 7.01. The van der Waals surface area contributed by atoms with Crippen molar-refractivity contribution >= 4 is 15.9 Å². The first-order chi connectivity index (χ1) is 8.04. The van der Waals surface area contributed by atoms with E-state index < -0.39 is 0 Å². The van der Waals surface area contributed by atoms with Crippen LogP contribution in [0.3, 0.4) is 0 Å². The van der Waals surface area contributed by atoms with Gasteiger partial charge < -0.3 is 10.1 Å². The fourth-order valence-corrected chi connectivity index (χ4v) is 2.35. The number of ether oxygens (including phenoxy) is 1. The van der Waals surface area contributed by atoms with Crippen molar-refractivity contribution in [1.82, 2.24) is 5.32 Å². The summed E-state index contributed by atoms with van der Waals surface area (Å²) in [5.41, 5.74) is 2.40. The lowest BCUT2D eigenvalue weighted by molar-refractivity contribution is 0.238. The summed E-state index contributed by atoms with van der Waals surface area (Å²) in [5.74, 6) is 1.02. The smallest absolute Gasteiger partial charge is 0.127 e. The van der Waals surface area contributed by atoms with Crippen molar-refractivity contribution in [3.8, 4) is 5.75 Å². The van der Waals surface area contributed by atoms with Crippen LogP contribution in [0.4, 0.5) is 0 Å². The van der Waals surface area contributed by atoms with Gasteiger partial charge in [-0.05, 0) is 51.4 Å². The van der Waals surface area contributed by atoms with Crippen LogP contribution in [0.15, 0.2) is 16.6 Å². The van der Waals surface area contributed by atoms with E-state index in [2.05, 4.69) is 61.1 Å². The predicted octanol–water partition coefficient (Wildman–Crippen LogP) is 4.04. The second-order valence-electron chi connectivity index (χ2n) is 4.55. The van der Waals surface area contributed by atoms with E-state index in [9.17, 15) is 0 Å². The third kappa shape index (κ3) is 4.68. The Morgan fingerprint density at radius 3 is 2.65 bits per heavy atom. The molecule has 1 aromatic carbocycles. The summed E-state index contributed by atoms with van der Waals surface area (Å²) in [6.45, 7) is 10.3. The molecule has 3 heteroatoms. The molecule has 2 nitrogen and oxygen atoms in total. The van der Waals surface area contributed by atoms with Gasteiger partial charge in [-0.1, -0.05) is 22.9 Å². The lowest BCUT2D eigenvalue weighted by Gasteiger charge is -2.17. The molecule has 17 heavy (non-hydrogen) atoms. The highest BCUT2D eigenvalue weighted by Crippen LogP contribution is 2.28. The molecule has 0 amide bonds. The van der Waals surface area contributed by atoms with Crippen molar-refractivity contribution in [2.45, 2.75) is 46.8 Å². The molecule has 0 aliphatic rings. The molecule has 0 heterocycles. The van der Waals surface area contributed by atoms with Crippen LogP contribution in [0.2, 0.25) is 0 Å². The zero-order valence-corrected chi connectivity index (χ0v) is 12.7. The molecular formula is C14H22BrNO. The zero-order chi connectivity index (χ0) is 12.8. The Hall–Kier alpha value is -0.540. The number of halogens is 1. The van der Waals surface area contributed by atoms with Crippen LogP contribution < -0.4 is 10.1 Å². The molecule has 0 atom stereocenters. The van der Waals surface area contributed by atoms with E-state index in [1.165, 1.54) is 11.1 Å². The van der Waals surface area contributed by atoms with E-state index in [1.807, 2.05) is 0 Å². The van der Waals surface area contributed by atoms with Crippen LogP contribution in [-0.4, -0.2) is 12.6 Å². The summed E-state index contributed by atoms with van der Waals surface area (Å²) in [6.07, 6.45) is 1.35. The SMILES string of the molecule is CCCNCc1cc(Br)cc(C)c1OC(C)C. The lowest BCUT2D eigenvalue weighted by atomic mass is 10.1. The first-order valence-corrected chi connectivity index (χ1v) is 7.00. The number of nitrogens with one attached hydrogen (secondary N) is 1. The molecular weight excluding hydrogens is 278 g/mol. The first kappa shape index (κ1) is 14.5. The van der Waals surface area contributed by atoms with Gasteiger partial charge in [-0.15, -0.1) is 0 Å².